The molecule has 11 aliphatic carbocycles. The summed E-state index contributed by atoms with van der Waals surface area (Å²) >= 11 is 0. The second kappa shape index (κ2) is 16.2. The molecule has 1 aliphatic heterocycles. The van der Waals surface area contributed by atoms with E-state index in [1.165, 1.54) is 84.4 Å². The second-order valence-electron chi connectivity index (χ2n) is 29.6. The molecule has 0 amide bonds. The van der Waals surface area contributed by atoms with E-state index >= 15 is 0 Å². The minimum absolute atomic E-state index is 0.00732. The van der Waals surface area contributed by atoms with E-state index in [2.05, 4.69) is 94.1 Å². The Morgan fingerprint density at radius 3 is 2.40 bits per heavy atom. The summed E-state index contributed by atoms with van der Waals surface area (Å²) in [6.45, 7) is 10.7. The van der Waals surface area contributed by atoms with Gasteiger partial charge in [0.05, 0.1) is 24.2 Å². The van der Waals surface area contributed by atoms with Crippen molar-refractivity contribution in [3.05, 3.63) is 82.4 Å². The van der Waals surface area contributed by atoms with Crippen molar-refractivity contribution in [1.82, 2.24) is 0 Å². The van der Waals surface area contributed by atoms with Crippen molar-refractivity contribution in [1.29, 1.82) is 0 Å². The molecule has 1 heterocycles. The van der Waals surface area contributed by atoms with Crippen molar-refractivity contribution in [3.8, 4) is 11.8 Å². The van der Waals surface area contributed by atoms with E-state index in [0.29, 0.717) is 24.9 Å². The zero-order chi connectivity index (χ0) is 51.3. The van der Waals surface area contributed by atoms with Crippen LogP contribution in [0.15, 0.2) is 54.6 Å². The Morgan fingerprint density at radius 1 is 0.827 bits per heavy atom. The molecule has 1 saturated heterocycles. The number of hydrogen-bond donors (Lipinski definition) is 3. The molecule has 75 heavy (non-hydrogen) atoms. The van der Waals surface area contributed by atoms with Crippen LogP contribution in [0.25, 0.3) is 10.8 Å². The summed E-state index contributed by atoms with van der Waals surface area (Å²) in [6, 6.07) is 21.2. The van der Waals surface area contributed by atoms with Gasteiger partial charge in [-0.3, -0.25) is 4.79 Å². The van der Waals surface area contributed by atoms with Crippen molar-refractivity contribution in [3.63, 3.8) is 0 Å². The number of rotatable bonds is 9. The minimum Gasteiger partial charge on any atom is -0.481 e. The van der Waals surface area contributed by atoms with Gasteiger partial charge in [-0.15, -0.1) is 5.92 Å². The summed E-state index contributed by atoms with van der Waals surface area (Å²) in [5, 5.41) is 41.8. The normalized spacial score (nSPS) is 50.0. The first kappa shape index (κ1) is 48.9. The molecule has 400 valence electrons. The molecular weight excluding hydrogens is 925 g/mol. The fourth-order valence-corrected chi connectivity index (χ4v) is 25.3. The third-order valence-electron chi connectivity index (χ3n) is 27.6. The van der Waals surface area contributed by atoms with Crippen LogP contribution in [0.1, 0.15) is 196 Å². The van der Waals surface area contributed by atoms with Crippen LogP contribution in [-0.4, -0.2) is 53.0 Å². The molecule has 0 unspecified atom stereocenters. The number of aliphatic hydroxyl groups is 2. The van der Waals surface area contributed by atoms with Crippen LogP contribution >= 0.6 is 0 Å². The maximum Gasteiger partial charge on any atom is 0.309 e. The average molecular weight is 1010 g/mol. The van der Waals surface area contributed by atoms with E-state index in [1.54, 1.807) is 12.7 Å². The molecule has 8 saturated carbocycles. The van der Waals surface area contributed by atoms with Gasteiger partial charge in [-0.2, -0.15) is 0 Å². The highest BCUT2D eigenvalue weighted by Gasteiger charge is 2.90. The molecular formula is C69H88O6. The van der Waals surface area contributed by atoms with Crippen LogP contribution in [0, 0.1) is 97.1 Å². The minimum atomic E-state index is -1.40. The lowest BCUT2D eigenvalue weighted by Crippen LogP contribution is -2.85. The van der Waals surface area contributed by atoms with Crippen LogP contribution in [0.5, 0.6) is 0 Å². The van der Waals surface area contributed by atoms with Crippen LogP contribution in [0.3, 0.4) is 0 Å². The molecule has 6 nitrogen and oxygen atoms in total. The summed E-state index contributed by atoms with van der Waals surface area (Å²) in [6.07, 6.45) is 24.4. The first-order valence-corrected chi connectivity index (χ1v) is 31.1. The number of fused-ring (bicyclic) bond motifs is 5. The number of aliphatic hydroxyl groups excluding tert-OH is 1. The maximum absolute atomic E-state index is 14.5. The third kappa shape index (κ3) is 5.78. The lowest BCUT2D eigenvalue weighted by atomic mass is 9.15. The molecule has 12 aliphatic rings. The fourth-order valence-electron chi connectivity index (χ4n) is 25.3. The average Bonchev–Trinajstić information content (AvgIpc) is 2.16. The largest absolute Gasteiger partial charge is 0.481 e. The number of hydrogen-bond acceptors (Lipinski definition) is 5. The van der Waals surface area contributed by atoms with Gasteiger partial charge in [0.1, 0.15) is 0 Å². The van der Waals surface area contributed by atoms with E-state index < -0.39 is 39.5 Å². The Labute approximate surface area is 448 Å². The molecule has 3 aromatic carbocycles. The van der Waals surface area contributed by atoms with Crippen LogP contribution in [0.4, 0.5) is 0 Å². The van der Waals surface area contributed by atoms with Gasteiger partial charge in [-0.1, -0.05) is 113 Å². The second-order valence-corrected chi connectivity index (χ2v) is 29.6. The number of carboxylic acids is 1. The summed E-state index contributed by atoms with van der Waals surface area (Å²) in [4.78, 5) is 14.5. The van der Waals surface area contributed by atoms with E-state index in [0.717, 1.165) is 102 Å². The van der Waals surface area contributed by atoms with Crippen LogP contribution in [-0.2, 0) is 38.9 Å². The van der Waals surface area contributed by atoms with Crippen LogP contribution < -0.4 is 0 Å². The van der Waals surface area contributed by atoms with Gasteiger partial charge in [0.15, 0.2) is 5.79 Å². The Morgan fingerprint density at radius 2 is 1.60 bits per heavy atom. The maximum atomic E-state index is 14.5. The van der Waals surface area contributed by atoms with E-state index in [9.17, 15) is 20.1 Å². The summed E-state index contributed by atoms with van der Waals surface area (Å²) < 4.78 is 12.9. The predicted octanol–water partition coefficient (Wildman–Crippen LogP) is 13.9. The molecule has 7 bridgehead atoms. The highest BCUT2D eigenvalue weighted by Crippen LogP contribution is 2.93. The Kier molecular flexibility index (Phi) is 10.6. The number of benzene rings is 3. The van der Waals surface area contributed by atoms with Crippen molar-refractivity contribution >= 4 is 16.7 Å². The highest BCUT2D eigenvalue weighted by atomic mass is 16.6. The van der Waals surface area contributed by atoms with Gasteiger partial charge in [-0.05, 0) is 218 Å². The van der Waals surface area contributed by atoms with E-state index in [4.69, 9.17) is 9.47 Å². The monoisotopic (exact) mass is 1010 g/mol. The molecule has 6 heteroatoms. The van der Waals surface area contributed by atoms with Crippen molar-refractivity contribution in [2.24, 2.45) is 85.2 Å². The standard InChI is InChI=1S/C69H88O6/c1-6-11-53-67-34-33-66-27-10-15-45(48-23-21-44-12-7-8-13-47(44)37-48)25-28-68-59-57(62(3,60(71)72)31-29-61(59,2)30-32-63(66,68)4)51-39-64(68)41-65(66,38-49-24-22-46-14-9-16-50(51)55(46)56(49)64)58(67)52(70)40-69(53,73)75-54(67)36-43-19-17-42(18-20-43)26-35-74-5/h9,14,16-20,22,24,44-45,47-48,51-54,57-59,70,73H,6-8,11-13,15,21,23,25-26,28-41H2,1-5H3,(H,71,72)/t44-,45+,47+,48-,51+,52-,53-,54+,57+,58+,59-,61-,62-,63-,64+,65+,66-,67-,68+,69+/m1/s1. The lowest BCUT2D eigenvalue weighted by molar-refractivity contribution is -0.367. The molecule has 3 N–H and O–H groups in total. The van der Waals surface area contributed by atoms with E-state index in [-0.39, 0.29) is 63.8 Å². The molecule has 20 atom stereocenters. The molecule has 0 aromatic heterocycles. The van der Waals surface area contributed by atoms with Gasteiger partial charge in [0.25, 0.3) is 0 Å². The molecule has 0 radical (unpaired) electrons. The smallest absolute Gasteiger partial charge is 0.309 e. The summed E-state index contributed by atoms with van der Waals surface area (Å²) in [5.74, 6) is 10.2. The molecule has 3 aromatic rings. The van der Waals surface area contributed by atoms with Gasteiger partial charge < -0.3 is 24.8 Å². The highest BCUT2D eigenvalue weighted by molar-refractivity contribution is 5.94. The zero-order valence-electron chi connectivity index (χ0n) is 46.3. The summed E-state index contributed by atoms with van der Waals surface area (Å²) in [5.41, 5.74) is 4.28. The quantitative estimate of drug-likeness (QED) is 0.185. The Hall–Kier alpha value is -3.21. The third-order valence-corrected chi connectivity index (χ3v) is 27.6. The van der Waals surface area contributed by atoms with Crippen molar-refractivity contribution in [2.75, 3.05) is 13.7 Å². The Balaban J connectivity index is 1.00. The fraction of sp³-hybridized carbons (Fsp3) is 0.725. The van der Waals surface area contributed by atoms with Gasteiger partial charge >= 0.3 is 5.97 Å². The first-order valence-electron chi connectivity index (χ1n) is 31.1. The Bertz CT molecular complexity index is 2920. The van der Waals surface area contributed by atoms with Crippen LogP contribution in [0.2, 0.25) is 0 Å². The topological polar surface area (TPSA) is 96.2 Å². The van der Waals surface area contributed by atoms with Crippen molar-refractivity contribution < 1.29 is 29.6 Å². The number of aliphatic carboxylic acids is 1. The van der Waals surface area contributed by atoms with Gasteiger partial charge in [0, 0.05) is 48.0 Å². The van der Waals surface area contributed by atoms with Gasteiger partial charge in [-0.25, -0.2) is 0 Å². The number of methoxy groups -OCH3 is 1. The number of carboxylic acid groups (broad SMARTS) is 1. The number of carbonyl (C=O) groups is 1. The SMILES string of the molecule is CCC[C@@H]1[C@@]23CC[C@@]45C#CC[C@H]([C@@H]6CC[C@H]7CCCC[C@H]7C6)CC[C@@]67[C@@H]8[C@H]([C@H]9C[C@@]6%10C[C@@]4(Cc4ccc6cccc9c6c4%10)[C@@H]2[C@H](O)C[C@]1(O)O[C@H]3Cc1ccc(CCOC)cc1)[C@](C)(C(=O)O)CC[C@]8(C)CC[C@]57C. The van der Waals surface area contributed by atoms with Crippen molar-refractivity contribution in [2.45, 2.75) is 211 Å². The van der Waals surface area contributed by atoms with Gasteiger partial charge in [0.2, 0.25) is 0 Å². The predicted molar refractivity (Wildman–Crippen MR) is 294 cm³/mol. The number of ether oxygens (including phenoxy) is 2. The molecule has 9 fully saturated rings. The lowest BCUT2D eigenvalue weighted by Gasteiger charge is -2.88. The zero-order valence-corrected chi connectivity index (χ0v) is 46.3. The summed E-state index contributed by atoms with van der Waals surface area (Å²) in [7, 11) is 1.77. The molecule has 5 spiro atoms. The molecule has 15 rings (SSSR count). The van der Waals surface area contributed by atoms with E-state index in [1.807, 2.05) is 0 Å². The first-order chi connectivity index (χ1) is 36.1.